The van der Waals surface area contributed by atoms with Crippen molar-refractivity contribution in [2.75, 3.05) is 25.3 Å². The van der Waals surface area contributed by atoms with Gasteiger partial charge in [0.05, 0.1) is 17.2 Å². The molecule has 186 valence electrons. The van der Waals surface area contributed by atoms with E-state index in [9.17, 15) is 14.4 Å². The summed E-state index contributed by atoms with van der Waals surface area (Å²) in [4.78, 5) is 43.3. The van der Waals surface area contributed by atoms with E-state index in [2.05, 4.69) is 15.6 Å². The van der Waals surface area contributed by atoms with E-state index in [1.807, 2.05) is 28.5 Å². The van der Waals surface area contributed by atoms with Crippen LogP contribution in [0.3, 0.4) is 0 Å². The fourth-order valence-corrected chi connectivity index (χ4v) is 4.43. The Kier molecular flexibility index (Phi) is 7.96. The first-order valence-corrected chi connectivity index (χ1v) is 12.9. The zero-order valence-electron chi connectivity index (χ0n) is 19.8. The van der Waals surface area contributed by atoms with E-state index < -0.39 is 17.4 Å². The number of aryl methyl sites for hydroxylation is 2. The van der Waals surface area contributed by atoms with Crippen LogP contribution < -0.4 is 25.5 Å². The predicted octanol–water partition coefficient (Wildman–Crippen LogP) is 2.00. The minimum atomic E-state index is -0.745. The van der Waals surface area contributed by atoms with Crippen LogP contribution in [0.2, 0.25) is 0 Å². The minimum Gasteiger partial charge on any atom is -0.454 e. The first-order valence-electron chi connectivity index (χ1n) is 11.5. The summed E-state index contributed by atoms with van der Waals surface area (Å²) in [7, 11) is 0. The molecule has 35 heavy (non-hydrogen) atoms. The number of ether oxygens (including phenoxy) is 2. The molecule has 11 heteroatoms. The number of nitrogens with one attached hydrogen (secondary N) is 2. The Bertz CT molecular complexity index is 1260. The third kappa shape index (κ3) is 5.61. The molecule has 2 N–H and O–H groups in total. The summed E-state index contributed by atoms with van der Waals surface area (Å²) in [5.41, 5.74) is 0.234. The molecule has 2 aromatic heterocycles. The largest absolute Gasteiger partial charge is 0.454 e. The second-order valence-electron chi connectivity index (χ2n) is 8.13. The standard InChI is InChI=1S/C24H29N5O5S/c1-3-29-13-17(22(30)16-11-20-21(12-19(16)29)34-15-33-20)23(31)27-18(5-10-35-2)24(32)26-6-4-8-28-9-7-25-14-28/h7,9,11-14,18H,3-6,8,10,15H2,1-2H3,(H,26,32)(H,27,31)/t18-/m0/s1. The van der Waals surface area contributed by atoms with Gasteiger partial charge in [0, 0.05) is 44.3 Å². The van der Waals surface area contributed by atoms with Gasteiger partial charge in [-0.25, -0.2) is 4.98 Å². The monoisotopic (exact) mass is 499 g/mol. The van der Waals surface area contributed by atoms with E-state index in [0.29, 0.717) is 47.7 Å². The normalized spacial score (nSPS) is 13.1. The predicted molar refractivity (Wildman–Crippen MR) is 134 cm³/mol. The summed E-state index contributed by atoms with van der Waals surface area (Å²) in [5.74, 6) is 0.892. The number of fused-ring (bicyclic) bond motifs is 2. The number of thioether (sulfide) groups is 1. The lowest BCUT2D eigenvalue weighted by Crippen LogP contribution is -2.48. The molecule has 0 unspecified atom stereocenters. The van der Waals surface area contributed by atoms with E-state index in [4.69, 9.17) is 9.47 Å². The second kappa shape index (κ2) is 11.3. The number of benzene rings is 1. The molecule has 1 aliphatic heterocycles. The number of carbonyl (C=O) groups is 2. The van der Waals surface area contributed by atoms with Crippen LogP contribution in [0.1, 0.15) is 30.1 Å². The van der Waals surface area contributed by atoms with Gasteiger partial charge < -0.3 is 29.2 Å². The maximum absolute atomic E-state index is 13.2. The smallest absolute Gasteiger partial charge is 0.257 e. The fourth-order valence-electron chi connectivity index (χ4n) is 3.96. The molecule has 3 aromatic rings. The topological polar surface area (TPSA) is 116 Å². The minimum absolute atomic E-state index is 0.0136. The third-order valence-electron chi connectivity index (χ3n) is 5.84. The molecule has 3 heterocycles. The van der Waals surface area contributed by atoms with E-state index in [0.717, 1.165) is 13.0 Å². The van der Waals surface area contributed by atoms with Crippen LogP contribution in [-0.2, 0) is 17.9 Å². The molecule has 0 radical (unpaired) electrons. The van der Waals surface area contributed by atoms with Gasteiger partial charge in [-0.15, -0.1) is 0 Å². The molecular weight excluding hydrogens is 470 g/mol. The summed E-state index contributed by atoms with van der Waals surface area (Å²) < 4.78 is 14.6. The lowest BCUT2D eigenvalue weighted by atomic mass is 10.1. The first kappa shape index (κ1) is 24.6. The Morgan fingerprint density at radius 1 is 1.26 bits per heavy atom. The third-order valence-corrected chi connectivity index (χ3v) is 6.49. The number of amides is 2. The van der Waals surface area contributed by atoms with Gasteiger partial charge in [0.25, 0.3) is 5.91 Å². The van der Waals surface area contributed by atoms with E-state index >= 15 is 0 Å². The number of aromatic nitrogens is 3. The van der Waals surface area contributed by atoms with Gasteiger partial charge in [0.2, 0.25) is 18.1 Å². The molecule has 0 spiro atoms. The number of carbonyl (C=O) groups excluding carboxylic acids is 2. The Balaban J connectivity index is 1.50. The lowest BCUT2D eigenvalue weighted by Gasteiger charge is -2.19. The van der Waals surface area contributed by atoms with Crippen molar-refractivity contribution in [1.29, 1.82) is 0 Å². The highest BCUT2D eigenvalue weighted by molar-refractivity contribution is 7.98. The van der Waals surface area contributed by atoms with Gasteiger partial charge in [-0.2, -0.15) is 11.8 Å². The quantitative estimate of drug-likeness (QED) is 0.388. The molecule has 10 nitrogen and oxygen atoms in total. The molecule has 0 bridgehead atoms. The van der Waals surface area contributed by atoms with Crippen LogP contribution in [0, 0.1) is 0 Å². The molecule has 1 atom stereocenters. The van der Waals surface area contributed by atoms with Gasteiger partial charge >= 0.3 is 0 Å². The van der Waals surface area contributed by atoms with Crippen LogP contribution in [-0.4, -0.2) is 57.3 Å². The van der Waals surface area contributed by atoms with E-state index in [1.165, 1.54) is 6.20 Å². The summed E-state index contributed by atoms with van der Waals surface area (Å²) >= 11 is 1.59. The van der Waals surface area contributed by atoms with Gasteiger partial charge in [-0.3, -0.25) is 14.4 Å². The van der Waals surface area contributed by atoms with Gasteiger partial charge in [-0.1, -0.05) is 0 Å². The van der Waals surface area contributed by atoms with Crippen molar-refractivity contribution in [3.63, 3.8) is 0 Å². The van der Waals surface area contributed by atoms with Gasteiger partial charge in [-0.05, 0) is 37.8 Å². The Morgan fingerprint density at radius 2 is 2.06 bits per heavy atom. The highest BCUT2D eigenvalue weighted by atomic mass is 32.2. The number of pyridine rings is 1. The highest BCUT2D eigenvalue weighted by Crippen LogP contribution is 2.35. The number of rotatable bonds is 11. The molecule has 0 saturated carbocycles. The molecule has 2 amide bonds. The van der Waals surface area contributed by atoms with Gasteiger partial charge in [0.1, 0.15) is 11.6 Å². The van der Waals surface area contributed by atoms with Crippen LogP contribution in [0.15, 0.2) is 41.8 Å². The van der Waals surface area contributed by atoms with Crippen molar-refractivity contribution in [2.24, 2.45) is 0 Å². The second-order valence-corrected chi connectivity index (χ2v) is 9.12. The number of nitrogens with zero attached hydrogens (tertiary/aromatic N) is 3. The number of hydrogen-bond acceptors (Lipinski definition) is 7. The maximum atomic E-state index is 13.2. The fraction of sp³-hybridized carbons (Fsp3) is 0.417. The van der Waals surface area contributed by atoms with Crippen molar-refractivity contribution in [3.8, 4) is 11.5 Å². The average molecular weight is 500 g/mol. The molecule has 4 rings (SSSR count). The molecule has 0 aliphatic carbocycles. The molecule has 1 aliphatic rings. The van der Waals surface area contributed by atoms with Crippen molar-refractivity contribution in [3.05, 3.63) is 52.8 Å². The maximum Gasteiger partial charge on any atom is 0.257 e. The number of hydrogen-bond donors (Lipinski definition) is 2. The highest BCUT2D eigenvalue weighted by Gasteiger charge is 2.25. The number of imidazole rings is 1. The van der Waals surface area contributed by atoms with Crippen LogP contribution in [0.5, 0.6) is 11.5 Å². The van der Waals surface area contributed by atoms with Gasteiger partial charge in [0.15, 0.2) is 11.5 Å². The van der Waals surface area contributed by atoms with Crippen LogP contribution >= 0.6 is 11.8 Å². The zero-order chi connectivity index (χ0) is 24.8. The Hall–Kier alpha value is -3.47. The van der Waals surface area contributed by atoms with E-state index in [-0.39, 0.29) is 18.3 Å². The summed E-state index contributed by atoms with van der Waals surface area (Å²) in [6.45, 7) is 3.76. The van der Waals surface area contributed by atoms with Crippen molar-refractivity contribution in [2.45, 2.75) is 38.9 Å². The molecule has 1 aromatic carbocycles. The average Bonchev–Trinajstić information content (AvgIpc) is 3.55. The first-order chi connectivity index (χ1) is 17.0. The van der Waals surface area contributed by atoms with Crippen LogP contribution in [0.25, 0.3) is 10.9 Å². The SMILES string of the molecule is CCn1cc(C(=O)N[C@@H](CCSC)C(=O)NCCCn2ccnc2)c(=O)c2cc3c(cc21)OCO3. The summed E-state index contributed by atoms with van der Waals surface area (Å²) in [6, 6.07) is 2.62. The summed E-state index contributed by atoms with van der Waals surface area (Å²) in [5, 5.41) is 6.05. The Morgan fingerprint density at radius 3 is 2.77 bits per heavy atom. The molecule has 0 saturated heterocycles. The van der Waals surface area contributed by atoms with E-state index in [1.54, 1.807) is 36.4 Å². The molecular formula is C24H29N5O5S. The molecule has 0 fully saturated rings. The lowest BCUT2D eigenvalue weighted by molar-refractivity contribution is -0.123. The summed E-state index contributed by atoms with van der Waals surface area (Å²) in [6.07, 6.45) is 9.96. The van der Waals surface area contributed by atoms with Crippen molar-refractivity contribution in [1.82, 2.24) is 24.8 Å². The Labute approximate surface area is 207 Å². The zero-order valence-corrected chi connectivity index (χ0v) is 20.6. The van der Waals surface area contributed by atoms with Crippen molar-refractivity contribution >= 4 is 34.5 Å². The van der Waals surface area contributed by atoms with Crippen LogP contribution in [0.4, 0.5) is 0 Å². The van der Waals surface area contributed by atoms with Crippen molar-refractivity contribution < 1.29 is 19.1 Å².